The monoisotopic (exact) mass is 781 g/mol. The fraction of sp³-hybridized carbons (Fsp3) is 0.610. The van der Waals surface area contributed by atoms with Crippen LogP contribution >= 0.6 is 0 Å². The topological polar surface area (TPSA) is 283 Å². The van der Waals surface area contributed by atoms with Crippen molar-refractivity contribution < 1.29 is 65.8 Å². The molecular weight excluding hydrogens is 714 g/mol. The van der Waals surface area contributed by atoms with Crippen LogP contribution in [0.25, 0.3) is 0 Å². The molecule has 0 amide bonds. The Bertz CT molecular complexity index is 1230. The van der Waals surface area contributed by atoms with Crippen molar-refractivity contribution in [1.82, 2.24) is 0 Å². The average Bonchev–Trinajstić information content (AvgIpc) is 3.08. The maximum absolute atomic E-state index is 12.5. The molecule has 0 aliphatic rings. The molecule has 0 aromatic carbocycles. The van der Waals surface area contributed by atoms with E-state index >= 15 is 0 Å². The highest BCUT2D eigenvalue weighted by molar-refractivity contribution is 5.81. The molecule has 0 aromatic heterocycles. The number of carbonyl (C=O) groups excluding carboxylic acids is 1. The van der Waals surface area contributed by atoms with E-state index in [9.17, 15) is 60.7 Å². The first-order chi connectivity index (χ1) is 26.0. The molecule has 314 valence electrons. The molecule has 0 aliphatic heterocycles. The maximum Gasteiger partial charge on any atom is 0.328 e. The van der Waals surface area contributed by atoms with Crippen molar-refractivity contribution in [3.8, 4) is 0 Å². The first-order valence-corrected chi connectivity index (χ1v) is 19.0. The Morgan fingerprint density at radius 1 is 0.527 bits per heavy atom. The van der Waals surface area contributed by atoms with Gasteiger partial charge in [-0.2, -0.15) is 0 Å². The van der Waals surface area contributed by atoms with Gasteiger partial charge in [0.15, 0.2) is 0 Å². The first kappa shape index (κ1) is 51.9. The van der Waals surface area contributed by atoms with Crippen LogP contribution in [0, 0.1) is 5.92 Å². The van der Waals surface area contributed by atoms with Gasteiger partial charge in [-0.25, -0.2) is 4.79 Å². The molecule has 55 heavy (non-hydrogen) atoms. The minimum Gasteiger partial charge on any atom is -0.478 e. The van der Waals surface area contributed by atoms with Gasteiger partial charge in [-0.1, -0.05) is 85.9 Å². The molecule has 0 aromatic rings. The van der Waals surface area contributed by atoms with Gasteiger partial charge in [-0.05, 0) is 64.3 Å². The number of nitrogens with two attached hydrogens (primary N) is 1. The average molecular weight is 782 g/mol. The van der Waals surface area contributed by atoms with Gasteiger partial charge in [-0.3, -0.25) is 4.79 Å². The van der Waals surface area contributed by atoms with E-state index in [1.807, 2.05) is 0 Å². The number of ketones is 1. The van der Waals surface area contributed by atoms with Crippen molar-refractivity contribution >= 4 is 11.8 Å². The molecule has 14 heteroatoms. The zero-order valence-electron chi connectivity index (χ0n) is 31.9. The summed E-state index contributed by atoms with van der Waals surface area (Å²) in [6, 6.07) is 0. The quantitative estimate of drug-likeness (QED) is 0.0261. The summed E-state index contributed by atoms with van der Waals surface area (Å²) >= 11 is 0. The van der Waals surface area contributed by atoms with Gasteiger partial charge < -0.3 is 61.9 Å². The number of Topliss-reactive ketones (excluding diaryl/α,β-unsaturated/α-hetero) is 1. The van der Waals surface area contributed by atoms with Crippen LogP contribution in [0.1, 0.15) is 84.0 Å². The molecule has 11 atom stereocenters. The Morgan fingerprint density at radius 2 is 1.00 bits per heavy atom. The largest absolute Gasteiger partial charge is 0.478 e. The standard InChI is InChI=1S/C41H67NO13/c1-29(39(52)20-7-5-3-2-4-6-8-21-41(54)55)40(53)28-38(51)27-37(50)25-34(47)18-11-17-33(46)24-36(49)26-35(48)23-32(45)16-10-15-30(43)13-9-14-31(44)19-12-22-42/h2-11,13,16,18,21,29-39,43-52H,12,14-15,17,19-20,22-28,42H2,1H3,(H,54,55)/b3-2+,6-4+,7-5+,13-9+,16-10+,18-11+,21-8+/t29-,30+,31+,32-,33-,34-,35-,36-,37+,38+,39-/m1/s1. The van der Waals surface area contributed by atoms with E-state index in [0.717, 1.165) is 12.5 Å². The van der Waals surface area contributed by atoms with Crippen LogP contribution in [0.3, 0.4) is 0 Å². The van der Waals surface area contributed by atoms with E-state index in [4.69, 9.17) is 10.8 Å². The highest BCUT2D eigenvalue weighted by Crippen LogP contribution is 2.17. The number of carboxylic acids is 1. The molecular formula is C41H67NO13. The molecule has 0 unspecified atom stereocenters. The second-order valence-corrected chi connectivity index (χ2v) is 13.9. The van der Waals surface area contributed by atoms with Gasteiger partial charge in [0.05, 0.1) is 61.0 Å². The molecule has 0 heterocycles. The van der Waals surface area contributed by atoms with E-state index in [1.165, 1.54) is 24.3 Å². The summed E-state index contributed by atoms with van der Waals surface area (Å²) in [5.74, 6) is -2.20. The first-order valence-electron chi connectivity index (χ1n) is 19.0. The summed E-state index contributed by atoms with van der Waals surface area (Å²) in [6.07, 6.45) is 12.8. The molecule has 0 saturated heterocycles. The molecule has 0 fully saturated rings. The van der Waals surface area contributed by atoms with Crippen molar-refractivity contribution in [3.63, 3.8) is 0 Å². The zero-order valence-corrected chi connectivity index (χ0v) is 31.9. The second kappa shape index (κ2) is 32.0. The number of allylic oxidation sites excluding steroid dienone is 6. The molecule has 13 N–H and O–H groups in total. The SMILES string of the molecule is C[C@@H](C(=O)C[C@@H](O)C[C@@H](O)C[C@H](O)/C=C/C[C@@H](O)C[C@@H](O)C[C@H](O)C[C@H](O)/C=C/C[C@@H](O)/C=C/C[C@H](O)CCCN)[C@H](O)C/C=C/C=C/C=C/C=C/C(=O)O. The van der Waals surface area contributed by atoms with E-state index in [0.29, 0.717) is 19.4 Å². The van der Waals surface area contributed by atoms with Crippen LogP contribution in [0.5, 0.6) is 0 Å². The third-order valence-electron chi connectivity index (χ3n) is 8.50. The van der Waals surface area contributed by atoms with Gasteiger partial charge in [0.2, 0.25) is 0 Å². The third kappa shape index (κ3) is 30.7. The molecule has 0 rings (SSSR count). The van der Waals surface area contributed by atoms with Crippen LogP contribution in [0.15, 0.2) is 85.1 Å². The smallest absolute Gasteiger partial charge is 0.328 e. The number of carboxylic acid groups (broad SMARTS) is 1. The number of hydrogen-bond donors (Lipinski definition) is 12. The molecule has 0 spiro atoms. The van der Waals surface area contributed by atoms with Gasteiger partial charge in [0.25, 0.3) is 0 Å². The third-order valence-corrected chi connectivity index (χ3v) is 8.50. The summed E-state index contributed by atoms with van der Waals surface area (Å²) in [7, 11) is 0. The number of aliphatic hydroxyl groups is 10. The highest BCUT2D eigenvalue weighted by atomic mass is 16.4. The normalized spacial score (nSPS) is 19.1. The minimum absolute atomic E-state index is 0.0601. The predicted octanol–water partition coefficient (Wildman–Crippen LogP) is 1.42. The summed E-state index contributed by atoms with van der Waals surface area (Å²) in [6.45, 7) is 2.05. The fourth-order valence-electron chi connectivity index (χ4n) is 5.36. The Labute approximate surface area is 325 Å². The Balaban J connectivity index is 4.40. The van der Waals surface area contributed by atoms with Gasteiger partial charge in [-0.15, -0.1) is 0 Å². The highest BCUT2D eigenvalue weighted by Gasteiger charge is 2.25. The van der Waals surface area contributed by atoms with Gasteiger partial charge in [0, 0.05) is 31.3 Å². The number of aliphatic hydroxyl groups excluding tert-OH is 10. The van der Waals surface area contributed by atoms with Gasteiger partial charge >= 0.3 is 5.97 Å². The minimum atomic E-state index is -1.19. The molecule has 14 nitrogen and oxygen atoms in total. The lowest BCUT2D eigenvalue weighted by molar-refractivity contribution is -0.131. The maximum atomic E-state index is 12.5. The van der Waals surface area contributed by atoms with E-state index in [2.05, 4.69) is 0 Å². The predicted molar refractivity (Wildman–Crippen MR) is 210 cm³/mol. The number of aliphatic carboxylic acids is 1. The Hall–Kier alpha value is -3.12. The van der Waals surface area contributed by atoms with Crippen LogP contribution in [-0.4, -0.2) is 136 Å². The van der Waals surface area contributed by atoms with Crippen molar-refractivity contribution in [2.45, 2.75) is 145 Å². The van der Waals surface area contributed by atoms with Crippen molar-refractivity contribution in [2.24, 2.45) is 11.7 Å². The molecule has 0 aliphatic carbocycles. The number of carbonyl (C=O) groups is 2. The van der Waals surface area contributed by atoms with Crippen LogP contribution in [-0.2, 0) is 9.59 Å². The second-order valence-electron chi connectivity index (χ2n) is 13.9. The summed E-state index contributed by atoms with van der Waals surface area (Å²) in [5.41, 5.74) is 5.41. The van der Waals surface area contributed by atoms with Crippen LogP contribution < -0.4 is 5.73 Å². The lowest BCUT2D eigenvalue weighted by Crippen LogP contribution is -2.30. The van der Waals surface area contributed by atoms with Crippen LogP contribution in [0.4, 0.5) is 0 Å². The van der Waals surface area contributed by atoms with Crippen molar-refractivity contribution in [3.05, 3.63) is 85.1 Å². The van der Waals surface area contributed by atoms with E-state index < -0.39 is 72.9 Å². The molecule has 0 saturated carbocycles. The van der Waals surface area contributed by atoms with E-state index in [-0.39, 0.29) is 63.6 Å². The summed E-state index contributed by atoms with van der Waals surface area (Å²) in [5, 5.41) is 110. The summed E-state index contributed by atoms with van der Waals surface area (Å²) in [4.78, 5) is 22.9. The zero-order chi connectivity index (χ0) is 41.6. The molecule has 0 radical (unpaired) electrons. The summed E-state index contributed by atoms with van der Waals surface area (Å²) < 4.78 is 0. The van der Waals surface area contributed by atoms with Crippen molar-refractivity contribution in [1.29, 1.82) is 0 Å². The van der Waals surface area contributed by atoms with E-state index in [1.54, 1.807) is 61.6 Å². The lowest BCUT2D eigenvalue weighted by Gasteiger charge is -2.20. The molecule has 0 bridgehead atoms. The Morgan fingerprint density at radius 3 is 1.58 bits per heavy atom. The van der Waals surface area contributed by atoms with Gasteiger partial charge in [0.1, 0.15) is 5.78 Å². The lowest BCUT2D eigenvalue weighted by atomic mass is 9.92. The van der Waals surface area contributed by atoms with Crippen molar-refractivity contribution in [2.75, 3.05) is 6.54 Å². The Kier molecular flexibility index (Phi) is 30.2. The number of hydrogen-bond acceptors (Lipinski definition) is 13. The number of rotatable bonds is 32. The fourth-order valence-corrected chi connectivity index (χ4v) is 5.36. The van der Waals surface area contributed by atoms with Crippen LogP contribution in [0.2, 0.25) is 0 Å².